The normalized spacial score (nSPS) is 16.3. The molecule has 5 nitrogen and oxygen atoms in total. The highest BCUT2D eigenvalue weighted by Gasteiger charge is 2.19. The molecule has 2 rings (SSSR count). The van der Waals surface area contributed by atoms with E-state index in [1.807, 2.05) is 38.1 Å². The second-order valence-corrected chi connectivity index (χ2v) is 4.70. The van der Waals surface area contributed by atoms with Crippen molar-refractivity contribution in [3.8, 4) is 0 Å². The Bertz CT molecular complexity index is 520. The number of hydrazone groups is 1. The molecule has 1 unspecified atom stereocenters. The van der Waals surface area contributed by atoms with Gasteiger partial charge in [-0.3, -0.25) is 9.59 Å². The Balaban J connectivity index is 1.99. The molecule has 2 amide bonds. The van der Waals surface area contributed by atoms with Gasteiger partial charge in [0.15, 0.2) is 0 Å². The van der Waals surface area contributed by atoms with Crippen LogP contribution in [0.4, 0.5) is 0 Å². The molecule has 0 aromatic heterocycles. The predicted molar refractivity (Wildman–Crippen MR) is 72.5 cm³/mol. The van der Waals surface area contributed by atoms with Crippen molar-refractivity contribution in [1.82, 2.24) is 10.7 Å². The van der Waals surface area contributed by atoms with E-state index in [-0.39, 0.29) is 17.9 Å². The first-order valence-electron chi connectivity index (χ1n) is 6.29. The molecule has 0 bridgehead atoms. The number of carbonyl (C=O) groups is 2. The molecule has 0 radical (unpaired) electrons. The van der Waals surface area contributed by atoms with Crippen molar-refractivity contribution in [2.24, 2.45) is 5.10 Å². The molecule has 1 aliphatic rings. The van der Waals surface area contributed by atoms with Crippen molar-refractivity contribution in [2.75, 3.05) is 0 Å². The van der Waals surface area contributed by atoms with E-state index in [0.717, 1.165) is 5.56 Å². The van der Waals surface area contributed by atoms with Crippen LogP contribution >= 0.6 is 0 Å². The third-order valence-electron chi connectivity index (χ3n) is 3.09. The maximum Gasteiger partial charge on any atom is 0.267 e. The molecule has 2 N–H and O–H groups in total. The molecular formula is C14H17N3O2. The van der Waals surface area contributed by atoms with E-state index in [2.05, 4.69) is 15.8 Å². The Morgan fingerprint density at radius 2 is 2.00 bits per heavy atom. The van der Waals surface area contributed by atoms with Gasteiger partial charge in [0.1, 0.15) is 5.71 Å². The maximum absolute atomic E-state index is 12.0. The minimum absolute atomic E-state index is 0.0894. The van der Waals surface area contributed by atoms with Crippen LogP contribution in [0.15, 0.2) is 29.4 Å². The molecule has 1 heterocycles. The SMILES string of the molecule is Cc1ccc(C(C)NC(=O)C2=NNC(=O)CC2)cc1. The summed E-state index contributed by atoms with van der Waals surface area (Å²) in [6, 6.07) is 7.91. The lowest BCUT2D eigenvalue weighted by Crippen LogP contribution is -2.37. The summed E-state index contributed by atoms with van der Waals surface area (Å²) in [5, 5.41) is 6.66. The Hall–Kier alpha value is -2.17. The van der Waals surface area contributed by atoms with E-state index in [1.165, 1.54) is 5.56 Å². The molecule has 1 aliphatic heterocycles. The largest absolute Gasteiger partial charge is 0.344 e. The fourth-order valence-electron chi connectivity index (χ4n) is 1.86. The third-order valence-corrected chi connectivity index (χ3v) is 3.09. The maximum atomic E-state index is 12.0. The molecule has 1 atom stereocenters. The van der Waals surface area contributed by atoms with E-state index in [9.17, 15) is 9.59 Å². The fraction of sp³-hybridized carbons (Fsp3) is 0.357. The van der Waals surface area contributed by atoms with Gasteiger partial charge in [-0.15, -0.1) is 0 Å². The number of amides is 2. The number of aryl methyl sites for hydroxylation is 1. The van der Waals surface area contributed by atoms with Gasteiger partial charge in [0.05, 0.1) is 6.04 Å². The molecule has 0 saturated carbocycles. The topological polar surface area (TPSA) is 70.6 Å². The summed E-state index contributed by atoms with van der Waals surface area (Å²) < 4.78 is 0. The number of nitrogens with one attached hydrogen (secondary N) is 2. The minimum Gasteiger partial charge on any atom is -0.344 e. The molecule has 1 aromatic carbocycles. The molecule has 0 saturated heterocycles. The Kier molecular flexibility index (Phi) is 3.94. The highest BCUT2D eigenvalue weighted by molar-refractivity contribution is 6.39. The highest BCUT2D eigenvalue weighted by Crippen LogP contribution is 2.13. The number of hydrogen-bond donors (Lipinski definition) is 2. The number of carbonyl (C=O) groups excluding carboxylic acids is 2. The van der Waals surface area contributed by atoms with Gasteiger partial charge >= 0.3 is 0 Å². The van der Waals surface area contributed by atoms with Gasteiger partial charge in [-0.2, -0.15) is 5.10 Å². The van der Waals surface area contributed by atoms with Crippen LogP contribution in [-0.4, -0.2) is 17.5 Å². The van der Waals surface area contributed by atoms with Crippen molar-refractivity contribution < 1.29 is 9.59 Å². The van der Waals surface area contributed by atoms with Crippen LogP contribution in [0, 0.1) is 6.92 Å². The molecule has 0 spiro atoms. The van der Waals surface area contributed by atoms with Crippen LogP contribution < -0.4 is 10.7 Å². The predicted octanol–water partition coefficient (Wildman–Crippen LogP) is 1.44. The lowest BCUT2D eigenvalue weighted by Gasteiger charge is -2.17. The Morgan fingerprint density at radius 1 is 1.32 bits per heavy atom. The number of nitrogens with zero attached hydrogens (tertiary/aromatic N) is 1. The first kappa shape index (κ1) is 13.3. The molecule has 100 valence electrons. The summed E-state index contributed by atoms with van der Waals surface area (Å²) in [6.07, 6.45) is 0.698. The lowest BCUT2D eigenvalue weighted by atomic mass is 10.1. The average molecular weight is 259 g/mol. The Morgan fingerprint density at radius 3 is 2.58 bits per heavy atom. The summed E-state index contributed by atoms with van der Waals surface area (Å²) in [6.45, 7) is 3.94. The van der Waals surface area contributed by atoms with E-state index < -0.39 is 0 Å². The average Bonchev–Trinajstić information content (AvgIpc) is 2.40. The zero-order chi connectivity index (χ0) is 13.8. The number of benzene rings is 1. The summed E-state index contributed by atoms with van der Waals surface area (Å²) in [5.74, 6) is -0.379. The molecule has 0 fully saturated rings. The standard InChI is InChI=1S/C14H17N3O2/c1-9-3-5-11(6-4-9)10(2)15-14(19)12-7-8-13(18)17-16-12/h3-6,10H,7-8H2,1-2H3,(H,15,19)(H,17,18). The Labute approximate surface area is 112 Å². The van der Waals surface area contributed by atoms with Crippen molar-refractivity contribution >= 4 is 17.5 Å². The van der Waals surface area contributed by atoms with Gasteiger partial charge in [0, 0.05) is 12.8 Å². The van der Waals surface area contributed by atoms with Crippen molar-refractivity contribution in [3.05, 3.63) is 35.4 Å². The zero-order valence-corrected chi connectivity index (χ0v) is 11.1. The molecule has 19 heavy (non-hydrogen) atoms. The van der Waals surface area contributed by atoms with Gasteiger partial charge in [0.2, 0.25) is 5.91 Å². The van der Waals surface area contributed by atoms with Crippen molar-refractivity contribution in [1.29, 1.82) is 0 Å². The second kappa shape index (κ2) is 5.65. The first-order chi connectivity index (χ1) is 9.06. The summed E-state index contributed by atoms with van der Waals surface area (Å²) in [7, 11) is 0. The van der Waals surface area contributed by atoms with Crippen LogP contribution in [0.5, 0.6) is 0 Å². The van der Waals surface area contributed by atoms with Crippen molar-refractivity contribution in [2.45, 2.75) is 32.7 Å². The van der Waals surface area contributed by atoms with Crippen LogP contribution in [0.25, 0.3) is 0 Å². The minimum atomic E-state index is -0.229. The van der Waals surface area contributed by atoms with E-state index in [4.69, 9.17) is 0 Å². The quantitative estimate of drug-likeness (QED) is 0.862. The lowest BCUT2D eigenvalue weighted by molar-refractivity contribution is -0.121. The smallest absolute Gasteiger partial charge is 0.267 e. The summed E-state index contributed by atoms with van der Waals surface area (Å²) >= 11 is 0. The zero-order valence-electron chi connectivity index (χ0n) is 11.1. The monoisotopic (exact) mass is 259 g/mol. The van der Waals surface area contributed by atoms with Gasteiger partial charge < -0.3 is 5.32 Å². The van der Waals surface area contributed by atoms with Gasteiger partial charge in [-0.1, -0.05) is 29.8 Å². The van der Waals surface area contributed by atoms with E-state index >= 15 is 0 Å². The van der Waals surface area contributed by atoms with Crippen LogP contribution in [0.3, 0.4) is 0 Å². The van der Waals surface area contributed by atoms with Gasteiger partial charge in [-0.05, 0) is 19.4 Å². The van der Waals surface area contributed by atoms with Crippen LogP contribution in [0.1, 0.15) is 36.9 Å². The molecule has 5 heteroatoms. The highest BCUT2D eigenvalue weighted by atomic mass is 16.2. The second-order valence-electron chi connectivity index (χ2n) is 4.70. The molecule has 0 aliphatic carbocycles. The third kappa shape index (κ3) is 3.40. The first-order valence-corrected chi connectivity index (χ1v) is 6.29. The van der Waals surface area contributed by atoms with Gasteiger partial charge in [0.25, 0.3) is 5.91 Å². The molecular weight excluding hydrogens is 242 g/mol. The van der Waals surface area contributed by atoms with Gasteiger partial charge in [-0.25, -0.2) is 5.43 Å². The summed E-state index contributed by atoms with van der Waals surface area (Å²) in [5.41, 5.74) is 4.92. The van der Waals surface area contributed by atoms with Crippen molar-refractivity contribution in [3.63, 3.8) is 0 Å². The van der Waals surface area contributed by atoms with Crippen LogP contribution in [0.2, 0.25) is 0 Å². The van der Waals surface area contributed by atoms with E-state index in [0.29, 0.717) is 18.6 Å². The summed E-state index contributed by atoms with van der Waals surface area (Å²) in [4.78, 5) is 22.9. The van der Waals surface area contributed by atoms with Crippen LogP contribution in [-0.2, 0) is 9.59 Å². The molecule has 1 aromatic rings. The number of rotatable bonds is 3. The van der Waals surface area contributed by atoms with E-state index in [1.54, 1.807) is 0 Å². The number of hydrogen-bond acceptors (Lipinski definition) is 3. The fourth-order valence-corrected chi connectivity index (χ4v) is 1.86.